The van der Waals surface area contributed by atoms with Crippen LogP contribution in [0.4, 0.5) is 0 Å². The van der Waals surface area contributed by atoms with Crippen LogP contribution >= 0.6 is 0 Å². The van der Waals surface area contributed by atoms with E-state index >= 15 is 0 Å². The van der Waals surface area contributed by atoms with Gasteiger partial charge in [0, 0.05) is 6.61 Å². The molecule has 1 rings (SSSR count). The molecule has 1 saturated carbocycles. The summed E-state index contributed by atoms with van der Waals surface area (Å²) in [5, 5.41) is 29.6. The van der Waals surface area contributed by atoms with Crippen LogP contribution in [0.5, 0.6) is 0 Å². The molecule has 18 heavy (non-hydrogen) atoms. The van der Waals surface area contributed by atoms with Gasteiger partial charge in [-0.15, -0.1) is 0 Å². The van der Waals surface area contributed by atoms with Gasteiger partial charge in [0.1, 0.15) is 0 Å². The first-order valence-electron chi connectivity index (χ1n) is 7.03. The molecule has 3 atom stereocenters. The second-order valence-electron chi connectivity index (χ2n) is 6.28. The minimum atomic E-state index is -0.791. The predicted molar refractivity (Wildman–Crippen MR) is 73.2 cm³/mol. The van der Waals surface area contributed by atoms with Crippen molar-refractivity contribution in [1.82, 2.24) is 0 Å². The minimum Gasteiger partial charge on any atom is -0.396 e. The van der Waals surface area contributed by atoms with E-state index in [-0.39, 0.29) is 12.5 Å². The van der Waals surface area contributed by atoms with Gasteiger partial charge in [-0.25, -0.2) is 0 Å². The molecule has 1 fully saturated rings. The smallest absolute Gasteiger partial charge is 0.0751 e. The Balaban J connectivity index is 2.74. The highest BCUT2D eigenvalue weighted by atomic mass is 16.3. The van der Waals surface area contributed by atoms with Crippen LogP contribution in [0.3, 0.4) is 0 Å². The summed E-state index contributed by atoms with van der Waals surface area (Å²) in [5.74, 6) is 0.370. The van der Waals surface area contributed by atoms with Gasteiger partial charge in [-0.05, 0) is 69.8 Å². The fourth-order valence-electron chi connectivity index (χ4n) is 2.74. The van der Waals surface area contributed by atoms with E-state index in [0.717, 1.165) is 37.7 Å². The topological polar surface area (TPSA) is 60.7 Å². The normalized spacial score (nSPS) is 32.3. The highest BCUT2D eigenvalue weighted by Crippen LogP contribution is 2.32. The largest absolute Gasteiger partial charge is 0.396 e. The maximum atomic E-state index is 10.2. The van der Waals surface area contributed by atoms with Crippen molar-refractivity contribution < 1.29 is 15.3 Å². The summed E-state index contributed by atoms with van der Waals surface area (Å²) in [5.41, 5.74) is 0.0725. The third-order valence-electron chi connectivity index (χ3n) is 4.27. The third-order valence-corrected chi connectivity index (χ3v) is 4.27. The molecule has 0 saturated heterocycles. The van der Waals surface area contributed by atoms with Crippen molar-refractivity contribution in [3.63, 3.8) is 0 Å². The zero-order chi connectivity index (χ0) is 13.8. The van der Waals surface area contributed by atoms with Crippen molar-refractivity contribution in [3.8, 4) is 0 Å². The maximum absolute atomic E-state index is 10.2. The Morgan fingerprint density at radius 1 is 1.28 bits per heavy atom. The molecule has 0 aliphatic heterocycles. The first-order chi connectivity index (χ1) is 8.34. The van der Waals surface area contributed by atoms with Gasteiger partial charge >= 0.3 is 0 Å². The van der Waals surface area contributed by atoms with Gasteiger partial charge in [0.2, 0.25) is 0 Å². The van der Waals surface area contributed by atoms with Gasteiger partial charge in [0.05, 0.1) is 11.7 Å². The lowest BCUT2D eigenvalue weighted by atomic mass is 9.78. The monoisotopic (exact) mass is 256 g/mol. The Bertz CT molecular complexity index is 267. The first kappa shape index (κ1) is 15.7. The van der Waals surface area contributed by atoms with Crippen LogP contribution < -0.4 is 0 Å². The summed E-state index contributed by atoms with van der Waals surface area (Å²) in [6, 6.07) is 0. The van der Waals surface area contributed by atoms with Gasteiger partial charge in [-0.3, -0.25) is 0 Å². The average molecular weight is 256 g/mol. The number of aliphatic hydroxyl groups excluding tert-OH is 2. The Morgan fingerprint density at radius 2 is 1.94 bits per heavy atom. The Hall–Kier alpha value is -0.380. The summed E-state index contributed by atoms with van der Waals surface area (Å²) < 4.78 is 0. The van der Waals surface area contributed by atoms with Gasteiger partial charge < -0.3 is 15.3 Å². The van der Waals surface area contributed by atoms with Crippen LogP contribution in [-0.2, 0) is 0 Å². The quantitative estimate of drug-likeness (QED) is 0.664. The second-order valence-corrected chi connectivity index (χ2v) is 6.28. The SMILES string of the molecule is C=C1CCC[C@H](CO)CC[C@H](C(C)(C)O)C[C@@H]1O. The van der Waals surface area contributed by atoms with Crippen LogP contribution in [0.25, 0.3) is 0 Å². The molecule has 0 aromatic rings. The van der Waals surface area contributed by atoms with Gasteiger partial charge in [0.15, 0.2) is 0 Å². The predicted octanol–water partition coefficient (Wildman–Crippen LogP) is 2.25. The number of hydrogen-bond acceptors (Lipinski definition) is 3. The number of aliphatic hydroxyl groups is 3. The molecule has 0 bridgehead atoms. The van der Waals surface area contributed by atoms with Crippen molar-refractivity contribution >= 4 is 0 Å². The van der Waals surface area contributed by atoms with E-state index in [1.807, 2.05) is 0 Å². The highest BCUT2D eigenvalue weighted by molar-refractivity contribution is 5.03. The van der Waals surface area contributed by atoms with E-state index in [9.17, 15) is 15.3 Å². The van der Waals surface area contributed by atoms with Crippen LogP contribution in [0, 0.1) is 11.8 Å². The van der Waals surface area contributed by atoms with E-state index in [2.05, 4.69) is 6.58 Å². The van der Waals surface area contributed by atoms with Gasteiger partial charge in [0.25, 0.3) is 0 Å². The molecular formula is C15H28O3. The van der Waals surface area contributed by atoms with Crippen molar-refractivity contribution in [3.05, 3.63) is 12.2 Å². The Kier molecular flexibility index (Phi) is 5.83. The number of hydrogen-bond donors (Lipinski definition) is 3. The van der Waals surface area contributed by atoms with Crippen LogP contribution in [0.1, 0.15) is 52.4 Å². The molecule has 0 spiro atoms. The lowest BCUT2D eigenvalue weighted by molar-refractivity contribution is -0.0112. The Morgan fingerprint density at radius 3 is 2.50 bits per heavy atom. The summed E-state index contributed by atoms with van der Waals surface area (Å²) in [6.07, 6.45) is 4.60. The number of rotatable bonds is 2. The van der Waals surface area contributed by atoms with Crippen LogP contribution in [-0.4, -0.2) is 33.6 Å². The van der Waals surface area contributed by atoms with Crippen LogP contribution in [0.15, 0.2) is 12.2 Å². The molecule has 0 aromatic heterocycles. The van der Waals surface area contributed by atoms with Crippen molar-refractivity contribution in [2.75, 3.05) is 6.61 Å². The van der Waals surface area contributed by atoms with E-state index in [1.165, 1.54) is 0 Å². The van der Waals surface area contributed by atoms with Gasteiger partial charge in [-0.1, -0.05) is 6.58 Å². The van der Waals surface area contributed by atoms with Crippen molar-refractivity contribution in [2.24, 2.45) is 11.8 Å². The molecule has 0 heterocycles. The van der Waals surface area contributed by atoms with Gasteiger partial charge in [-0.2, -0.15) is 0 Å². The second kappa shape index (κ2) is 6.69. The molecule has 3 nitrogen and oxygen atoms in total. The molecular weight excluding hydrogens is 228 g/mol. The molecule has 0 aromatic carbocycles. The minimum absolute atomic E-state index is 0.0522. The standard InChI is InChI=1S/C15H28O3/c1-11-5-4-6-12(10-16)7-8-13(9-14(11)17)15(2,3)18/h12-14,16-18H,1,4-10H2,2-3H3/t12-,13-,14-/m0/s1. The average Bonchev–Trinajstić information content (AvgIpc) is 2.29. The van der Waals surface area contributed by atoms with E-state index in [0.29, 0.717) is 12.3 Å². The molecule has 106 valence electrons. The van der Waals surface area contributed by atoms with E-state index < -0.39 is 11.7 Å². The molecule has 0 amide bonds. The lowest BCUT2D eigenvalue weighted by Gasteiger charge is -2.33. The van der Waals surface area contributed by atoms with E-state index in [4.69, 9.17) is 0 Å². The van der Waals surface area contributed by atoms with Crippen molar-refractivity contribution in [2.45, 2.75) is 64.1 Å². The zero-order valence-corrected chi connectivity index (χ0v) is 11.7. The Labute approximate surface area is 111 Å². The third kappa shape index (κ3) is 4.71. The van der Waals surface area contributed by atoms with E-state index in [1.54, 1.807) is 13.8 Å². The summed E-state index contributed by atoms with van der Waals surface area (Å²) in [7, 11) is 0. The first-order valence-corrected chi connectivity index (χ1v) is 7.03. The zero-order valence-electron chi connectivity index (χ0n) is 11.7. The summed E-state index contributed by atoms with van der Waals surface area (Å²) >= 11 is 0. The summed E-state index contributed by atoms with van der Waals surface area (Å²) in [4.78, 5) is 0. The highest BCUT2D eigenvalue weighted by Gasteiger charge is 2.30. The molecule has 0 unspecified atom stereocenters. The fraction of sp³-hybridized carbons (Fsp3) is 0.867. The lowest BCUT2D eigenvalue weighted by Crippen LogP contribution is -2.35. The molecule has 1 aliphatic carbocycles. The van der Waals surface area contributed by atoms with Crippen molar-refractivity contribution in [1.29, 1.82) is 0 Å². The molecule has 1 aliphatic rings. The fourth-order valence-corrected chi connectivity index (χ4v) is 2.74. The van der Waals surface area contributed by atoms with Crippen LogP contribution in [0.2, 0.25) is 0 Å². The molecule has 0 radical (unpaired) electrons. The summed E-state index contributed by atoms with van der Waals surface area (Å²) in [6.45, 7) is 7.76. The molecule has 3 heteroatoms. The molecule has 3 N–H and O–H groups in total. The maximum Gasteiger partial charge on any atom is 0.0751 e.